The molecule has 0 atom stereocenters. The van der Waals surface area contributed by atoms with E-state index >= 15 is 0 Å². The van der Waals surface area contributed by atoms with Crippen LogP contribution in [0.2, 0.25) is 0 Å². The molecular formula is C3H3NO2S2. The van der Waals surface area contributed by atoms with E-state index in [1.807, 2.05) is 5.32 Å². The molecule has 5 heteroatoms. The molecule has 0 aliphatic carbocycles. The molecule has 0 aliphatic heterocycles. The van der Waals surface area contributed by atoms with Gasteiger partial charge >= 0.3 is 6.09 Å². The van der Waals surface area contributed by atoms with Gasteiger partial charge in [0, 0.05) is 5.37 Å². The summed E-state index contributed by atoms with van der Waals surface area (Å²) in [4.78, 5) is 9.75. The van der Waals surface area contributed by atoms with Gasteiger partial charge in [-0.1, -0.05) is 24.4 Å². The molecule has 0 rings (SSSR count). The molecule has 0 heterocycles. The lowest BCUT2D eigenvalue weighted by Crippen LogP contribution is -2.27. The maximum atomic E-state index is 9.70. The average molecular weight is 149 g/mol. The summed E-state index contributed by atoms with van der Waals surface area (Å²) in [6.07, 6.45) is -1.18. The minimum atomic E-state index is -1.18. The molecule has 0 aromatic heterocycles. The Kier molecular flexibility index (Phi) is 3.21. The van der Waals surface area contributed by atoms with Crippen LogP contribution in [0.25, 0.3) is 0 Å². The van der Waals surface area contributed by atoms with Crippen molar-refractivity contribution in [3.63, 3.8) is 0 Å². The number of hydrogen-bond donors (Lipinski definition) is 2. The van der Waals surface area contributed by atoms with Gasteiger partial charge in [0.25, 0.3) is 0 Å². The summed E-state index contributed by atoms with van der Waals surface area (Å²) in [5.41, 5.74) is 0. The van der Waals surface area contributed by atoms with Crippen LogP contribution in [0.5, 0.6) is 0 Å². The monoisotopic (exact) mass is 149 g/mol. The number of nitrogens with one attached hydrogen (secondary N) is 1. The maximum absolute atomic E-state index is 9.70. The Morgan fingerprint density at radius 2 is 2.25 bits per heavy atom. The van der Waals surface area contributed by atoms with E-state index in [0.29, 0.717) is 0 Å². The van der Waals surface area contributed by atoms with Crippen molar-refractivity contribution in [1.29, 1.82) is 0 Å². The summed E-state index contributed by atoms with van der Waals surface area (Å²) in [6.45, 7) is 0. The van der Waals surface area contributed by atoms with E-state index in [2.05, 4.69) is 24.4 Å². The van der Waals surface area contributed by atoms with Crippen molar-refractivity contribution in [2.75, 3.05) is 0 Å². The minimum Gasteiger partial charge on any atom is -0.465 e. The van der Waals surface area contributed by atoms with Gasteiger partial charge in [-0.3, -0.25) is 5.32 Å². The fourth-order valence-corrected chi connectivity index (χ4v) is 0.281. The molecule has 44 valence electrons. The van der Waals surface area contributed by atoms with E-state index in [1.165, 1.54) is 0 Å². The third-order valence-electron chi connectivity index (χ3n) is 0.337. The highest BCUT2D eigenvalue weighted by molar-refractivity contribution is 7.88. The lowest BCUT2D eigenvalue weighted by Gasteiger charge is -1.90. The molecule has 1 amide bonds. The first-order valence-corrected chi connectivity index (χ1v) is 2.54. The zero-order chi connectivity index (χ0) is 6.57. The highest BCUT2D eigenvalue weighted by atomic mass is 32.1. The summed E-state index contributed by atoms with van der Waals surface area (Å²) in [6, 6.07) is 0. The molecule has 0 unspecified atom stereocenters. The van der Waals surface area contributed by atoms with E-state index in [1.54, 1.807) is 0 Å². The molecule has 3 nitrogen and oxygen atoms in total. The third kappa shape index (κ3) is 3.63. The van der Waals surface area contributed by atoms with Crippen LogP contribution in [0, 0.1) is 0 Å². The second kappa shape index (κ2) is 3.45. The maximum Gasteiger partial charge on any atom is 0.409 e. The van der Waals surface area contributed by atoms with E-state index in [-0.39, 0.29) is 4.99 Å². The Bertz CT molecular complexity index is 133. The number of hydrogen-bond acceptors (Lipinski definition) is 3. The molecule has 0 saturated heterocycles. The molecule has 0 saturated carbocycles. The van der Waals surface area contributed by atoms with Crippen molar-refractivity contribution in [3.05, 3.63) is 0 Å². The first kappa shape index (κ1) is 7.45. The highest BCUT2D eigenvalue weighted by Gasteiger charge is 1.93. The Balaban J connectivity index is 3.55. The number of amides is 1. The molecule has 0 aromatic carbocycles. The lowest BCUT2D eigenvalue weighted by molar-refractivity contribution is 0.200. The van der Waals surface area contributed by atoms with Crippen molar-refractivity contribution < 1.29 is 9.90 Å². The molecule has 0 fully saturated rings. The summed E-state index contributed by atoms with van der Waals surface area (Å²) < 4.78 is 0. The van der Waals surface area contributed by atoms with Crippen LogP contribution in [-0.2, 0) is 0 Å². The van der Waals surface area contributed by atoms with Gasteiger partial charge < -0.3 is 5.11 Å². The summed E-state index contributed by atoms with van der Waals surface area (Å²) >= 11 is 8.68. The van der Waals surface area contributed by atoms with E-state index < -0.39 is 6.09 Å². The van der Waals surface area contributed by atoms with Crippen LogP contribution in [-0.4, -0.2) is 21.6 Å². The summed E-state index contributed by atoms with van der Waals surface area (Å²) in [7, 11) is 0. The number of carbonyl (C=O) groups is 1. The van der Waals surface area contributed by atoms with E-state index in [9.17, 15) is 4.79 Å². The van der Waals surface area contributed by atoms with Crippen LogP contribution < -0.4 is 5.32 Å². The highest BCUT2D eigenvalue weighted by Crippen LogP contribution is 1.66. The fraction of sp³-hybridized carbons (Fsp3) is 0. The quantitative estimate of drug-likeness (QED) is 0.535. The molecule has 8 heavy (non-hydrogen) atoms. The van der Waals surface area contributed by atoms with Crippen molar-refractivity contribution >= 4 is 40.9 Å². The van der Waals surface area contributed by atoms with Crippen molar-refractivity contribution in [2.45, 2.75) is 0 Å². The van der Waals surface area contributed by atoms with E-state index in [0.717, 1.165) is 5.37 Å². The third-order valence-corrected chi connectivity index (χ3v) is 0.942. The number of thiocarbonyl (C=S) groups is 2. The fourth-order valence-electron chi connectivity index (χ4n) is 0.135. The standard InChI is InChI=1S/C3H3NO2S2/c5-3(6)4-2(8)1-7/h1H,(H,4,8)(H,5,6). The van der Waals surface area contributed by atoms with Gasteiger partial charge in [0.2, 0.25) is 0 Å². The minimum absolute atomic E-state index is 0.0486. The van der Waals surface area contributed by atoms with Crippen LogP contribution in [0.3, 0.4) is 0 Å². The van der Waals surface area contributed by atoms with Crippen LogP contribution in [0.15, 0.2) is 0 Å². The van der Waals surface area contributed by atoms with Crippen molar-refractivity contribution in [1.82, 2.24) is 5.32 Å². The second-order valence-electron chi connectivity index (χ2n) is 0.912. The van der Waals surface area contributed by atoms with Gasteiger partial charge in [-0.2, -0.15) is 0 Å². The molecule has 0 radical (unpaired) electrons. The van der Waals surface area contributed by atoms with Gasteiger partial charge in [0.15, 0.2) is 0 Å². The normalized spacial score (nSPS) is 7.50. The zero-order valence-electron chi connectivity index (χ0n) is 3.75. The molecule has 0 aliphatic rings. The Labute approximate surface area is 56.7 Å². The molecule has 2 N–H and O–H groups in total. The van der Waals surface area contributed by atoms with Gasteiger partial charge in [-0.05, 0) is 0 Å². The average Bonchev–Trinajstić information content (AvgIpc) is 1.65. The van der Waals surface area contributed by atoms with Crippen molar-refractivity contribution in [2.24, 2.45) is 0 Å². The van der Waals surface area contributed by atoms with Crippen molar-refractivity contribution in [3.8, 4) is 0 Å². The number of carboxylic acid groups (broad SMARTS) is 1. The Morgan fingerprint density at radius 1 is 1.75 bits per heavy atom. The van der Waals surface area contributed by atoms with Crippen LogP contribution in [0.4, 0.5) is 4.79 Å². The molecule has 0 spiro atoms. The Hall–Kier alpha value is -0.550. The van der Waals surface area contributed by atoms with E-state index in [4.69, 9.17) is 5.11 Å². The summed E-state index contributed by atoms with van der Waals surface area (Å²) in [5, 5.41) is 10.9. The predicted octanol–water partition coefficient (Wildman–Crippen LogP) is 0.581. The van der Waals surface area contributed by atoms with Gasteiger partial charge in [-0.15, -0.1) is 0 Å². The second-order valence-corrected chi connectivity index (χ2v) is 1.59. The van der Waals surface area contributed by atoms with Crippen LogP contribution in [0.1, 0.15) is 0 Å². The largest absolute Gasteiger partial charge is 0.465 e. The predicted molar refractivity (Wildman–Crippen MR) is 37.4 cm³/mol. The smallest absolute Gasteiger partial charge is 0.409 e. The Morgan fingerprint density at radius 3 is 2.38 bits per heavy atom. The first-order valence-electron chi connectivity index (χ1n) is 1.66. The molecule has 0 aromatic rings. The zero-order valence-corrected chi connectivity index (χ0v) is 5.38. The topological polar surface area (TPSA) is 49.3 Å². The SMILES string of the molecule is O=C(O)NC(=S)C=S. The molecular weight excluding hydrogens is 146 g/mol. The van der Waals surface area contributed by atoms with Gasteiger partial charge in [0.1, 0.15) is 4.99 Å². The lowest BCUT2D eigenvalue weighted by atomic mass is 10.7. The first-order chi connectivity index (χ1) is 3.66. The van der Waals surface area contributed by atoms with Crippen LogP contribution >= 0.6 is 24.4 Å². The molecule has 0 bridgehead atoms. The van der Waals surface area contributed by atoms with Gasteiger partial charge in [0.05, 0.1) is 0 Å². The van der Waals surface area contributed by atoms with Gasteiger partial charge in [-0.25, -0.2) is 4.79 Å². The number of rotatable bonds is 1. The summed E-state index contributed by atoms with van der Waals surface area (Å²) in [5.74, 6) is 0.